The molecule has 0 unspecified atom stereocenters. The van der Waals surface area contributed by atoms with Gasteiger partial charge in [0.1, 0.15) is 5.01 Å². The molecule has 6 heteroatoms. The molecule has 0 atom stereocenters. The number of ether oxygens (including phenoxy) is 1. The first-order valence-electron chi connectivity index (χ1n) is 9.71. The third-order valence-electron chi connectivity index (χ3n) is 5.22. The van der Waals surface area contributed by atoms with E-state index in [0.717, 1.165) is 55.8 Å². The first-order chi connectivity index (χ1) is 13.1. The molecule has 3 rings (SSSR count). The maximum Gasteiger partial charge on any atom is 0.191 e. The summed E-state index contributed by atoms with van der Waals surface area (Å²) in [5, 5.41) is 8.01. The molecule has 1 fully saturated rings. The Morgan fingerprint density at radius 3 is 2.56 bits per heavy atom. The van der Waals surface area contributed by atoms with Crippen LogP contribution in [0.5, 0.6) is 0 Å². The topological polar surface area (TPSA) is 58.5 Å². The van der Waals surface area contributed by atoms with Crippen molar-refractivity contribution in [3.05, 3.63) is 51.5 Å². The summed E-state index contributed by atoms with van der Waals surface area (Å²) in [5.41, 5.74) is 2.57. The van der Waals surface area contributed by atoms with E-state index in [1.807, 2.05) is 0 Å². The van der Waals surface area contributed by atoms with Crippen LogP contribution in [0.1, 0.15) is 40.9 Å². The molecule has 1 aromatic heterocycles. The smallest absolute Gasteiger partial charge is 0.191 e. The molecular weight excluding hydrogens is 356 g/mol. The number of aliphatic imine (C=N–C) groups is 1. The van der Waals surface area contributed by atoms with Crippen molar-refractivity contribution in [1.29, 1.82) is 0 Å². The maximum absolute atomic E-state index is 5.64. The van der Waals surface area contributed by atoms with Crippen molar-refractivity contribution in [1.82, 2.24) is 15.6 Å². The fourth-order valence-electron chi connectivity index (χ4n) is 3.47. The Morgan fingerprint density at radius 2 is 1.93 bits per heavy atom. The third kappa shape index (κ3) is 5.08. The minimum atomic E-state index is 0.0874. The molecule has 0 amide bonds. The second kappa shape index (κ2) is 9.33. The molecule has 1 aliphatic heterocycles. The Morgan fingerprint density at radius 1 is 1.19 bits per heavy atom. The van der Waals surface area contributed by atoms with Crippen LogP contribution in [0.3, 0.4) is 0 Å². The van der Waals surface area contributed by atoms with E-state index in [1.165, 1.54) is 10.4 Å². The van der Waals surface area contributed by atoms with Gasteiger partial charge < -0.3 is 15.4 Å². The molecular formula is C21H30N4OS. The van der Waals surface area contributed by atoms with Gasteiger partial charge in [-0.2, -0.15) is 0 Å². The number of rotatable bonds is 6. The zero-order chi connectivity index (χ0) is 19.1. The van der Waals surface area contributed by atoms with Crippen LogP contribution in [0.25, 0.3) is 0 Å². The third-order valence-corrected chi connectivity index (χ3v) is 6.28. The fraction of sp³-hybridized carbons (Fsp3) is 0.524. The van der Waals surface area contributed by atoms with Gasteiger partial charge in [0.15, 0.2) is 5.96 Å². The van der Waals surface area contributed by atoms with E-state index in [-0.39, 0.29) is 5.41 Å². The molecule has 1 aromatic carbocycles. The Bertz CT molecular complexity index is 731. The zero-order valence-electron chi connectivity index (χ0n) is 16.5. The van der Waals surface area contributed by atoms with Gasteiger partial charge in [-0.05, 0) is 39.2 Å². The van der Waals surface area contributed by atoms with Crippen LogP contribution in [0.15, 0.2) is 35.3 Å². The second-order valence-corrected chi connectivity index (χ2v) is 8.34. The number of benzene rings is 1. The fourth-order valence-corrected chi connectivity index (χ4v) is 4.33. The number of hydrogen-bond acceptors (Lipinski definition) is 4. The van der Waals surface area contributed by atoms with Crippen LogP contribution in [-0.2, 0) is 16.7 Å². The molecule has 0 saturated carbocycles. The monoisotopic (exact) mass is 386 g/mol. The summed E-state index contributed by atoms with van der Waals surface area (Å²) in [7, 11) is 0. The average Bonchev–Trinajstić information content (AvgIpc) is 3.03. The minimum absolute atomic E-state index is 0.0874. The Balaban J connectivity index is 1.71. The highest BCUT2D eigenvalue weighted by atomic mass is 32.1. The molecule has 0 spiro atoms. The van der Waals surface area contributed by atoms with E-state index in [9.17, 15) is 0 Å². The molecule has 0 radical (unpaired) electrons. The number of thiazole rings is 1. The van der Waals surface area contributed by atoms with E-state index in [2.05, 4.69) is 66.7 Å². The van der Waals surface area contributed by atoms with Crippen LogP contribution < -0.4 is 10.6 Å². The van der Waals surface area contributed by atoms with Crippen LogP contribution in [-0.4, -0.2) is 37.2 Å². The van der Waals surface area contributed by atoms with Gasteiger partial charge in [0.2, 0.25) is 0 Å². The molecule has 2 heterocycles. The van der Waals surface area contributed by atoms with Gasteiger partial charge in [0.25, 0.3) is 0 Å². The molecule has 1 saturated heterocycles. The minimum Gasteiger partial charge on any atom is -0.381 e. The number of aromatic nitrogens is 1. The number of hydrogen-bond donors (Lipinski definition) is 2. The summed E-state index contributed by atoms with van der Waals surface area (Å²) in [6.07, 6.45) is 2.04. The summed E-state index contributed by atoms with van der Waals surface area (Å²) < 4.78 is 5.64. The van der Waals surface area contributed by atoms with Crippen molar-refractivity contribution in [3.8, 4) is 0 Å². The number of nitrogens with zero attached hydrogens (tertiary/aromatic N) is 2. The van der Waals surface area contributed by atoms with Crippen molar-refractivity contribution in [2.45, 2.75) is 45.6 Å². The predicted octanol–water partition coefficient (Wildman–Crippen LogP) is 3.56. The second-order valence-electron chi connectivity index (χ2n) is 7.06. The lowest BCUT2D eigenvalue weighted by Crippen LogP contribution is -2.48. The van der Waals surface area contributed by atoms with E-state index in [0.29, 0.717) is 6.54 Å². The lowest BCUT2D eigenvalue weighted by molar-refractivity contribution is 0.0514. The Hall–Kier alpha value is -1.92. The van der Waals surface area contributed by atoms with Crippen molar-refractivity contribution in [2.24, 2.45) is 4.99 Å². The van der Waals surface area contributed by atoms with Gasteiger partial charge in [-0.1, -0.05) is 30.3 Å². The first kappa shape index (κ1) is 19.8. The first-order valence-corrected chi connectivity index (χ1v) is 10.5. The number of nitrogens with one attached hydrogen (secondary N) is 2. The van der Waals surface area contributed by atoms with Gasteiger partial charge in [-0.15, -0.1) is 11.3 Å². The van der Waals surface area contributed by atoms with E-state index in [4.69, 9.17) is 9.73 Å². The Labute approximate surface area is 166 Å². The van der Waals surface area contributed by atoms with Gasteiger partial charge in [0, 0.05) is 36.6 Å². The molecule has 27 heavy (non-hydrogen) atoms. The summed E-state index contributed by atoms with van der Waals surface area (Å²) in [6.45, 7) is 10.2. The summed E-state index contributed by atoms with van der Waals surface area (Å²) in [6, 6.07) is 10.8. The molecule has 0 aliphatic carbocycles. The van der Waals surface area contributed by atoms with Crippen molar-refractivity contribution >= 4 is 17.3 Å². The molecule has 2 N–H and O–H groups in total. The predicted molar refractivity (Wildman–Crippen MR) is 113 cm³/mol. The van der Waals surface area contributed by atoms with Gasteiger partial charge >= 0.3 is 0 Å². The SMILES string of the molecule is CCNC(=NCc1nc(C)c(C)s1)NCC1(c2ccccc2)CCOCC1. The van der Waals surface area contributed by atoms with Crippen LogP contribution in [0.4, 0.5) is 0 Å². The quantitative estimate of drug-likeness (QED) is 0.589. The highest BCUT2D eigenvalue weighted by Crippen LogP contribution is 2.34. The van der Waals surface area contributed by atoms with Crippen LogP contribution in [0.2, 0.25) is 0 Å². The highest BCUT2D eigenvalue weighted by Gasteiger charge is 2.34. The van der Waals surface area contributed by atoms with Gasteiger partial charge in [-0.25, -0.2) is 9.98 Å². The number of aryl methyl sites for hydroxylation is 2. The summed E-state index contributed by atoms with van der Waals surface area (Å²) in [5.74, 6) is 0.852. The van der Waals surface area contributed by atoms with E-state index in [1.54, 1.807) is 11.3 Å². The maximum atomic E-state index is 5.64. The average molecular weight is 387 g/mol. The standard InChI is InChI=1S/C21H30N4OS/c1-4-22-20(23-14-19-25-16(2)17(3)27-19)24-15-21(10-12-26-13-11-21)18-8-6-5-7-9-18/h5-9H,4,10-15H2,1-3H3,(H2,22,23,24). The van der Waals surface area contributed by atoms with Crippen molar-refractivity contribution in [3.63, 3.8) is 0 Å². The summed E-state index contributed by atoms with van der Waals surface area (Å²) in [4.78, 5) is 10.6. The van der Waals surface area contributed by atoms with E-state index < -0.39 is 0 Å². The van der Waals surface area contributed by atoms with Gasteiger partial charge in [0.05, 0.1) is 12.2 Å². The van der Waals surface area contributed by atoms with Crippen molar-refractivity contribution in [2.75, 3.05) is 26.3 Å². The lowest BCUT2D eigenvalue weighted by Gasteiger charge is -2.38. The molecule has 5 nitrogen and oxygen atoms in total. The largest absolute Gasteiger partial charge is 0.381 e. The molecule has 2 aromatic rings. The van der Waals surface area contributed by atoms with E-state index >= 15 is 0 Å². The van der Waals surface area contributed by atoms with Gasteiger partial charge in [-0.3, -0.25) is 0 Å². The lowest BCUT2D eigenvalue weighted by atomic mass is 9.74. The highest BCUT2D eigenvalue weighted by molar-refractivity contribution is 7.11. The Kier molecular flexibility index (Phi) is 6.85. The number of guanidine groups is 1. The molecule has 1 aliphatic rings. The zero-order valence-corrected chi connectivity index (χ0v) is 17.4. The van der Waals surface area contributed by atoms with Crippen LogP contribution in [0, 0.1) is 13.8 Å². The summed E-state index contributed by atoms with van der Waals surface area (Å²) >= 11 is 1.73. The van der Waals surface area contributed by atoms with Crippen LogP contribution >= 0.6 is 11.3 Å². The normalized spacial score (nSPS) is 16.9. The molecule has 0 bridgehead atoms. The molecule has 146 valence electrons. The van der Waals surface area contributed by atoms with Crippen molar-refractivity contribution < 1.29 is 4.74 Å².